The standard InChI is InChI=1S/C14H19N3O3/c1-16-6-7-17(9-12(16)18)8-10-4-3-5-11(15)13(10)14(19)20-2/h3-5H,6-9,15H2,1-2H3. The van der Waals surface area contributed by atoms with Gasteiger partial charge in [0.2, 0.25) is 5.91 Å². The lowest BCUT2D eigenvalue weighted by atomic mass is 10.0. The number of piperazine rings is 1. The largest absolute Gasteiger partial charge is 0.465 e. The van der Waals surface area contributed by atoms with Crippen molar-refractivity contribution in [1.82, 2.24) is 9.80 Å². The second kappa shape index (κ2) is 5.92. The number of carbonyl (C=O) groups is 2. The van der Waals surface area contributed by atoms with Gasteiger partial charge < -0.3 is 15.4 Å². The Labute approximate surface area is 118 Å². The normalized spacial score (nSPS) is 16.3. The third-order valence-corrected chi connectivity index (χ3v) is 3.50. The number of rotatable bonds is 3. The van der Waals surface area contributed by atoms with E-state index in [1.165, 1.54) is 7.11 Å². The number of ether oxygens (including phenoxy) is 1. The number of hydrogen-bond donors (Lipinski definition) is 1. The molecule has 2 N–H and O–H groups in total. The average molecular weight is 277 g/mol. The van der Waals surface area contributed by atoms with Gasteiger partial charge in [-0.25, -0.2) is 4.79 Å². The lowest BCUT2D eigenvalue weighted by molar-refractivity contribution is -0.134. The Bertz CT molecular complexity index is 530. The SMILES string of the molecule is COC(=O)c1c(N)cccc1CN1CCN(C)C(=O)C1. The van der Waals surface area contributed by atoms with Crippen LogP contribution in [0.15, 0.2) is 18.2 Å². The maximum absolute atomic E-state index is 11.8. The molecule has 1 heterocycles. The van der Waals surface area contributed by atoms with Crippen molar-refractivity contribution in [2.45, 2.75) is 6.54 Å². The van der Waals surface area contributed by atoms with Gasteiger partial charge in [0.05, 0.1) is 19.2 Å². The molecule has 0 spiro atoms. The summed E-state index contributed by atoms with van der Waals surface area (Å²) in [6, 6.07) is 5.31. The van der Waals surface area contributed by atoms with E-state index in [0.717, 1.165) is 12.1 Å². The monoisotopic (exact) mass is 277 g/mol. The number of amides is 1. The van der Waals surface area contributed by atoms with Gasteiger partial charge in [0, 0.05) is 32.4 Å². The molecule has 108 valence electrons. The molecule has 20 heavy (non-hydrogen) atoms. The number of carbonyl (C=O) groups excluding carboxylic acids is 2. The van der Waals surface area contributed by atoms with Gasteiger partial charge in [-0.3, -0.25) is 9.69 Å². The van der Waals surface area contributed by atoms with Gasteiger partial charge in [-0.2, -0.15) is 0 Å². The summed E-state index contributed by atoms with van der Waals surface area (Å²) in [5.41, 5.74) is 7.43. The molecule has 6 heteroatoms. The first kappa shape index (κ1) is 14.3. The Morgan fingerprint density at radius 1 is 1.40 bits per heavy atom. The molecule has 1 aliphatic rings. The van der Waals surface area contributed by atoms with E-state index in [0.29, 0.717) is 30.9 Å². The van der Waals surface area contributed by atoms with Crippen LogP contribution in [0.5, 0.6) is 0 Å². The zero-order chi connectivity index (χ0) is 14.7. The van der Waals surface area contributed by atoms with Crippen LogP contribution < -0.4 is 5.73 Å². The average Bonchev–Trinajstić information content (AvgIpc) is 2.42. The number of hydrogen-bond acceptors (Lipinski definition) is 5. The summed E-state index contributed by atoms with van der Waals surface area (Å²) >= 11 is 0. The van der Waals surface area contributed by atoms with E-state index >= 15 is 0 Å². The minimum Gasteiger partial charge on any atom is -0.465 e. The Morgan fingerprint density at radius 2 is 2.15 bits per heavy atom. The van der Waals surface area contributed by atoms with Gasteiger partial charge in [-0.15, -0.1) is 0 Å². The predicted molar refractivity (Wildman–Crippen MR) is 75.1 cm³/mol. The number of nitrogens with two attached hydrogens (primary N) is 1. The number of nitrogen functional groups attached to an aromatic ring is 1. The first-order valence-corrected chi connectivity index (χ1v) is 6.45. The Morgan fingerprint density at radius 3 is 2.80 bits per heavy atom. The molecule has 2 rings (SSSR count). The minimum atomic E-state index is -0.446. The summed E-state index contributed by atoms with van der Waals surface area (Å²) in [5.74, 6) is -0.363. The van der Waals surface area contributed by atoms with Crippen molar-refractivity contribution in [3.63, 3.8) is 0 Å². The molecule has 0 bridgehead atoms. The Balaban J connectivity index is 2.19. The van der Waals surface area contributed by atoms with Gasteiger partial charge in [0.25, 0.3) is 0 Å². The lowest BCUT2D eigenvalue weighted by Crippen LogP contribution is -2.48. The van der Waals surface area contributed by atoms with Crippen molar-refractivity contribution < 1.29 is 14.3 Å². The van der Waals surface area contributed by atoms with Crippen molar-refractivity contribution in [3.8, 4) is 0 Å². The van der Waals surface area contributed by atoms with Gasteiger partial charge in [0.15, 0.2) is 0 Å². The number of esters is 1. The first-order valence-electron chi connectivity index (χ1n) is 6.45. The van der Waals surface area contributed by atoms with Crippen LogP contribution in [0.2, 0.25) is 0 Å². The third kappa shape index (κ3) is 2.91. The molecule has 1 fully saturated rings. The number of likely N-dealkylation sites (N-methyl/N-ethyl adjacent to an activating group) is 1. The summed E-state index contributed by atoms with van der Waals surface area (Å²) in [6.45, 7) is 2.33. The number of anilines is 1. The summed E-state index contributed by atoms with van der Waals surface area (Å²) < 4.78 is 4.77. The van der Waals surface area contributed by atoms with E-state index in [-0.39, 0.29) is 5.91 Å². The highest BCUT2D eigenvalue weighted by molar-refractivity contribution is 5.96. The van der Waals surface area contributed by atoms with E-state index in [1.54, 1.807) is 24.1 Å². The highest BCUT2D eigenvalue weighted by Crippen LogP contribution is 2.20. The zero-order valence-electron chi connectivity index (χ0n) is 11.8. The molecule has 1 saturated heterocycles. The number of nitrogens with zero attached hydrogens (tertiary/aromatic N) is 2. The number of methoxy groups -OCH3 is 1. The van der Waals surface area contributed by atoms with Crippen molar-refractivity contribution in [2.24, 2.45) is 0 Å². The van der Waals surface area contributed by atoms with Crippen molar-refractivity contribution in [3.05, 3.63) is 29.3 Å². The fraction of sp³-hybridized carbons (Fsp3) is 0.429. The van der Waals surface area contributed by atoms with Gasteiger partial charge in [-0.1, -0.05) is 12.1 Å². The van der Waals surface area contributed by atoms with Gasteiger partial charge in [-0.05, 0) is 11.6 Å². The maximum Gasteiger partial charge on any atom is 0.340 e. The molecular formula is C14H19N3O3. The molecule has 1 aliphatic heterocycles. The molecular weight excluding hydrogens is 258 g/mol. The third-order valence-electron chi connectivity index (χ3n) is 3.50. The Kier molecular flexibility index (Phi) is 4.24. The molecule has 1 aromatic carbocycles. The molecule has 0 aromatic heterocycles. The van der Waals surface area contributed by atoms with Crippen LogP contribution in [0.25, 0.3) is 0 Å². The smallest absolute Gasteiger partial charge is 0.340 e. The Hall–Kier alpha value is -2.08. The van der Waals surface area contributed by atoms with Crippen LogP contribution in [0.1, 0.15) is 15.9 Å². The van der Waals surface area contributed by atoms with Crippen LogP contribution in [0.3, 0.4) is 0 Å². The maximum atomic E-state index is 11.8. The summed E-state index contributed by atoms with van der Waals surface area (Å²) in [7, 11) is 3.12. The quantitative estimate of drug-likeness (QED) is 0.636. The molecule has 0 radical (unpaired) electrons. The summed E-state index contributed by atoms with van der Waals surface area (Å²) in [4.78, 5) is 27.2. The van der Waals surface area contributed by atoms with Crippen LogP contribution in [0.4, 0.5) is 5.69 Å². The molecule has 0 atom stereocenters. The topological polar surface area (TPSA) is 75.9 Å². The molecule has 0 aliphatic carbocycles. The second-order valence-electron chi connectivity index (χ2n) is 4.90. The number of benzene rings is 1. The summed E-state index contributed by atoms with van der Waals surface area (Å²) in [6.07, 6.45) is 0. The van der Waals surface area contributed by atoms with E-state index in [9.17, 15) is 9.59 Å². The summed E-state index contributed by atoms with van der Waals surface area (Å²) in [5, 5.41) is 0. The van der Waals surface area contributed by atoms with Crippen molar-refractivity contribution >= 4 is 17.6 Å². The second-order valence-corrected chi connectivity index (χ2v) is 4.90. The van der Waals surface area contributed by atoms with Gasteiger partial charge >= 0.3 is 5.97 Å². The predicted octanol–water partition coefficient (Wildman–Crippen LogP) is 0.329. The van der Waals surface area contributed by atoms with Crippen molar-refractivity contribution in [1.29, 1.82) is 0 Å². The highest BCUT2D eigenvalue weighted by atomic mass is 16.5. The van der Waals surface area contributed by atoms with Crippen LogP contribution in [-0.2, 0) is 16.1 Å². The first-order chi connectivity index (χ1) is 9.52. The fourth-order valence-corrected chi connectivity index (χ4v) is 2.29. The molecule has 6 nitrogen and oxygen atoms in total. The van der Waals surface area contributed by atoms with Crippen LogP contribution >= 0.6 is 0 Å². The fourth-order valence-electron chi connectivity index (χ4n) is 2.29. The molecule has 1 amide bonds. The van der Waals surface area contributed by atoms with E-state index < -0.39 is 5.97 Å². The van der Waals surface area contributed by atoms with Gasteiger partial charge in [0.1, 0.15) is 0 Å². The van der Waals surface area contributed by atoms with E-state index in [1.807, 2.05) is 11.0 Å². The van der Waals surface area contributed by atoms with Crippen LogP contribution in [-0.4, -0.2) is 55.5 Å². The van der Waals surface area contributed by atoms with Crippen LogP contribution in [0, 0.1) is 0 Å². The van der Waals surface area contributed by atoms with E-state index in [4.69, 9.17) is 10.5 Å². The van der Waals surface area contributed by atoms with Crippen molar-refractivity contribution in [2.75, 3.05) is 39.5 Å². The highest BCUT2D eigenvalue weighted by Gasteiger charge is 2.23. The molecule has 0 saturated carbocycles. The molecule has 1 aromatic rings. The molecule has 0 unspecified atom stereocenters. The minimum absolute atomic E-state index is 0.0831. The van der Waals surface area contributed by atoms with E-state index in [2.05, 4.69) is 0 Å². The zero-order valence-corrected chi connectivity index (χ0v) is 11.8. The lowest BCUT2D eigenvalue weighted by Gasteiger charge is -2.32.